The van der Waals surface area contributed by atoms with E-state index in [1.807, 2.05) is 12.1 Å². The lowest BCUT2D eigenvalue weighted by atomic mass is 10.2. The fraction of sp³-hybridized carbons (Fsp3) is 0.250. The molecule has 0 aliphatic rings. The molecule has 1 aromatic carbocycles. The van der Waals surface area contributed by atoms with E-state index in [-0.39, 0.29) is 12.2 Å². The van der Waals surface area contributed by atoms with Gasteiger partial charge in [0.15, 0.2) is 5.69 Å². The van der Waals surface area contributed by atoms with Gasteiger partial charge in [0.25, 0.3) is 5.91 Å². The number of nitrogens with zero attached hydrogens (tertiary/aromatic N) is 2. The first-order chi connectivity index (χ1) is 9.00. The van der Waals surface area contributed by atoms with Crippen LogP contribution in [0.1, 0.15) is 10.5 Å². The maximum absolute atomic E-state index is 11.9. The van der Waals surface area contributed by atoms with Crippen LogP contribution in [0.25, 0.3) is 10.9 Å². The lowest BCUT2D eigenvalue weighted by Gasteiger charge is -2.07. The van der Waals surface area contributed by atoms with Crippen molar-refractivity contribution < 1.29 is 14.7 Å². The van der Waals surface area contributed by atoms with Crippen molar-refractivity contribution >= 4 is 22.7 Å². The van der Waals surface area contributed by atoms with Crippen molar-refractivity contribution in [2.75, 3.05) is 6.54 Å². The predicted molar refractivity (Wildman–Crippen MR) is 68.2 cm³/mol. The number of nitrogens with two attached hydrogens (primary N) is 1. The summed E-state index contributed by atoms with van der Waals surface area (Å²) < 4.78 is 1.59. The predicted octanol–water partition coefficient (Wildman–Crippen LogP) is -0.851. The Hall–Kier alpha value is -2.41. The zero-order valence-corrected chi connectivity index (χ0v) is 10.3. The Kier molecular flexibility index (Phi) is 3.48. The lowest BCUT2D eigenvalue weighted by Crippen LogP contribution is -2.40. The molecular weight excluding hydrogens is 248 g/mol. The highest BCUT2D eigenvalue weighted by Crippen LogP contribution is 2.16. The fourth-order valence-corrected chi connectivity index (χ4v) is 1.76. The summed E-state index contributed by atoms with van der Waals surface area (Å²) in [6.07, 6.45) is -1.40. The van der Waals surface area contributed by atoms with E-state index >= 15 is 0 Å². The number of hydrogen-bond acceptors (Lipinski definition) is 4. The number of rotatable bonds is 4. The van der Waals surface area contributed by atoms with Crippen LogP contribution in [-0.2, 0) is 11.8 Å². The second-order valence-electron chi connectivity index (χ2n) is 4.12. The molecule has 0 saturated heterocycles. The van der Waals surface area contributed by atoms with Crippen LogP contribution in [0.4, 0.5) is 0 Å². The summed E-state index contributed by atoms with van der Waals surface area (Å²) in [5.41, 5.74) is 5.96. The number of aliphatic hydroxyl groups is 1. The van der Waals surface area contributed by atoms with Crippen molar-refractivity contribution in [3.05, 3.63) is 30.0 Å². The summed E-state index contributed by atoms with van der Waals surface area (Å²) in [6, 6.07) is 7.28. The minimum absolute atomic E-state index is 0.237. The Morgan fingerprint density at radius 1 is 1.47 bits per heavy atom. The summed E-state index contributed by atoms with van der Waals surface area (Å²) in [4.78, 5) is 22.6. The first-order valence-electron chi connectivity index (χ1n) is 5.68. The van der Waals surface area contributed by atoms with E-state index in [4.69, 9.17) is 5.73 Å². The maximum Gasteiger partial charge on any atom is 0.272 e. The Balaban J connectivity index is 2.20. The second-order valence-corrected chi connectivity index (χ2v) is 4.12. The van der Waals surface area contributed by atoms with Crippen molar-refractivity contribution in [2.45, 2.75) is 6.10 Å². The molecule has 2 rings (SSSR count). The number of primary amides is 1. The molecule has 0 fully saturated rings. The van der Waals surface area contributed by atoms with Gasteiger partial charge in [-0.2, -0.15) is 5.10 Å². The number of fused-ring (bicyclic) bond motifs is 1. The van der Waals surface area contributed by atoms with Gasteiger partial charge in [-0.1, -0.05) is 18.2 Å². The average molecular weight is 262 g/mol. The first-order valence-corrected chi connectivity index (χ1v) is 5.68. The smallest absolute Gasteiger partial charge is 0.272 e. The summed E-state index contributed by atoms with van der Waals surface area (Å²) >= 11 is 0. The average Bonchev–Trinajstić information content (AvgIpc) is 2.73. The van der Waals surface area contributed by atoms with Crippen LogP contribution in [0.15, 0.2) is 24.3 Å². The number of para-hydroxylation sites is 1. The molecule has 0 saturated carbocycles. The highest BCUT2D eigenvalue weighted by atomic mass is 16.3. The molecule has 0 spiro atoms. The largest absolute Gasteiger partial charge is 0.381 e. The molecule has 0 radical (unpaired) electrons. The van der Waals surface area contributed by atoms with Crippen molar-refractivity contribution in [3.63, 3.8) is 0 Å². The van der Waals surface area contributed by atoms with Crippen LogP contribution in [0.2, 0.25) is 0 Å². The Morgan fingerprint density at radius 2 is 2.16 bits per heavy atom. The zero-order chi connectivity index (χ0) is 14.0. The lowest BCUT2D eigenvalue weighted by molar-refractivity contribution is -0.125. The molecular formula is C12H14N4O3. The van der Waals surface area contributed by atoms with E-state index in [0.717, 1.165) is 5.52 Å². The third-order valence-corrected chi connectivity index (χ3v) is 2.76. The summed E-state index contributed by atoms with van der Waals surface area (Å²) in [6.45, 7) is -0.237. The van der Waals surface area contributed by atoms with E-state index in [2.05, 4.69) is 10.4 Å². The van der Waals surface area contributed by atoms with Gasteiger partial charge in [-0.3, -0.25) is 14.3 Å². The highest BCUT2D eigenvalue weighted by molar-refractivity contribution is 6.04. The van der Waals surface area contributed by atoms with Crippen molar-refractivity contribution in [1.29, 1.82) is 0 Å². The van der Waals surface area contributed by atoms with E-state index in [1.54, 1.807) is 23.9 Å². The molecule has 4 N–H and O–H groups in total. The Morgan fingerprint density at radius 3 is 2.84 bits per heavy atom. The number of aryl methyl sites for hydroxylation is 1. The fourth-order valence-electron chi connectivity index (χ4n) is 1.76. The van der Waals surface area contributed by atoms with Gasteiger partial charge in [-0.15, -0.1) is 0 Å². The monoisotopic (exact) mass is 262 g/mol. The van der Waals surface area contributed by atoms with Crippen LogP contribution in [0.5, 0.6) is 0 Å². The van der Waals surface area contributed by atoms with Crippen LogP contribution in [0.3, 0.4) is 0 Å². The second kappa shape index (κ2) is 5.07. The van der Waals surface area contributed by atoms with Gasteiger partial charge in [0.2, 0.25) is 5.91 Å². The number of benzene rings is 1. The van der Waals surface area contributed by atoms with Crippen LogP contribution >= 0.6 is 0 Å². The van der Waals surface area contributed by atoms with Crippen molar-refractivity contribution in [3.8, 4) is 0 Å². The molecule has 1 heterocycles. The molecule has 1 atom stereocenters. The zero-order valence-electron chi connectivity index (χ0n) is 10.3. The van der Waals surface area contributed by atoms with E-state index in [9.17, 15) is 14.7 Å². The van der Waals surface area contributed by atoms with Gasteiger partial charge in [0.1, 0.15) is 6.10 Å². The molecule has 100 valence electrons. The van der Waals surface area contributed by atoms with E-state index in [1.165, 1.54) is 0 Å². The Bertz CT molecular complexity index is 635. The number of carbonyl (C=O) groups excluding carboxylic acids is 2. The molecule has 0 aliphatic carbocycles. The molecule has 0 aliphatic heterocycles. The van der Waals surface area contributed by atoms with Gasteiger partial charge in [-0.05, 0) is 6.07 Å². The quantitative estimate of drug-likeness (QED) is 0.666. The number of amides is 2. The molecule has 1 unspecified atom stereocenters. The van der Waals surface area contributed by atoms with Gasteiger partial charge in [-0.25, -0.2) is 0 Å². The third-order valence-electron chi connectivity index (χ3n) is 2.76. The Labute approximate surface area is 109 Å². The molecule has 2 amide bonds. The number of nitrogens with one attached hydrogen (secondary N) is 1. The molecule has 1 aromatic heterocycles. The third kappa shape index (κ3) is 2.55. The molecule has 2 aromatic rings. The normalized spacial score (nSPS) is 12.3. The number of aromatic nitrogens is 2. The van der Waals surface area contributed by atoms with Crippen molar-refractivity contribution in [2.24, 2.45) is 12.8 Å². The maximum atomic E-state index is 11.9. The minimum atomic E-state index is -1.40. The number of aliphatic hydroxyl groups excluding tert-OH is 1. The first kappa shape index (κ1) is 13.0. The SMILES string of the molecule is Cn1nc(C(=O)NCC(O)C(N)=O)c2ccccc21. The van der Waals surface area contributed by atoms with Crippen LogP contribution in [-0.4, -0.2) is 39.4 Å². The van der Waals surface area contributed by atoms with Gasteiger partial charge >= 0.3 is 0 Å². The summed E-state index contributed by atoms with van der Waals surface area (Å²) in [7, 11) is 1.73. The molecule has 19 heavy (non-hydrogen) atoms. The highest BCUT2D eigenvalue weighted by Gasteiger charge is 2.18. The van der Waals surface area contributed by atoms with Crippen LogP contribution in [0, 0.1) is 0 Å². The topological polar surface area (TPSA) is 110 Å². The van der Waals surface area contributed by atoms with Gasteiger partial charge in [0, 0.05) is 12.4 Å². The molecule has 7 nitrogen and oxygen atoms in total. The van der Waals surface area contributed by atoms with Gasteiger partial charge in [0.05, 0.1) is 12.1 Å². The summed E-state index contributed by atoms with van der Waals surface area (Å²) in [5, 5.41) is 16.5. The van der Waals surface area contributed by atoms with Gasteiger partial charge < -0.3 is 16.2 Å². The standard InChI is InChI=1S/C12H14N4O3/c1-16-8-5-3-2-4-7(8)10(15-16)12(19)14-6-9(17)11(13)18/h2-5,9,17H,6H2,1H3,(H2,13,18)(H,14,19). The number of hydrogen-bond donors (Lipinski definition) is 3. The molecule has 7 heteroatoms. The minimum Gasteiger partial charge on any atom is -0.381 e. The van der Waals surface area contributed by atoms with Crippen molar-refractivity contribution in [1.82, 2.24) is 15.1 Å². The van der Waals surface area contributed by atoms with E-state index in [0.29, 0.717) is 5.39 Å². The molecule has 0 bridgehead atoms. The van der Waals surface area contributed by atoms with Crippen LogP contribution < -0.4 is 11.1 Å². The summed E-state index contributed by atoms with van der Waals surface area (Å²) in [5.74, 6) is -1.34. The van der Waals surface area contributed by atoms with E-state index < -0.39 is 17.9 Å². The number of carbonyl (C=O) groups is 2.